The fourth-order valence-electron chi connectivity index (χ4n) is 3.89. The van der Waals surface area contributed by atoms with Crippen LogP contribution in [0.15, 0.2) is 83.9 Å². The number of rotatable bonds is 7. The third kappa shape index (κ3) is 6.62. The SMILES string of the molecule is C=C1C(C(=O)NCc2ccc(F)cc2F)=CN2CCN(CC)C(=O)C2=C1OCc1ccccc1.COC. The summed E-state index contributed by atoms with van der Waals surface area (Å²) in [4.78, 5) is 29.5. The van der Waals surface area contributed by atoms with E-state index >= 15 is 0 Å². The summed E-state index contributed by atoms with van der Waals surface area (Å²) in [5.74, 6) is -1.88. The quantitative estimate of drug-likeness (QED) is 0.611. The summed E-state index contributed by atoms with van der Waals surface area (Å²) < 4.78 is 37.5. The van der Waals surface area contributed by atoms with Crippen LogP contribution in [0.3, 0.4) is 0 Å². The van der Waals surface area contributed by atoms with Gasteiger partial charge in [-0.3, -0.25) is 9.59 Å². The van der Waals surface area contributed by atoms with Crippen LogP contribution in [0.5, 0.6) is 0 Å². The minimum absolute atomic E-state index is 0.130. The second-order valence-corrected chi connectivity index (χ2v) is 8.38. The van der Waals surface area contributed by atoms with Gasteiger partial charge < -0.3 is 24.6 Å². The lowest BCUT2D eigenvalue weighted by molar-refractivity contribution is -0.131. The summed E-state index contributed by atoms with van der Waals surface area (Å²) in [6, 6.07) is 12.6. The van der Waals surface area contributed by atoms with Crippen molar-refractivity contribution in [3.8, 4) is 0 Å². The number of benzene rings is 2. The third-order valence-electron chi connectivity index (χ3n) is 5.79. The molecule has 2 aliphatic rings. The molecule has 2 aromatic rings. The van der Waals surface area contributed by atoms with Crippen LogP contribution in [-0.4, -0.2) is 55.5 Å². The van der Waals surface area contributed by atoms with Gasteiger partial charge >= 0.3 is 0 Å². The summed E-state index contributed by atoms with van der Waals surface area (Å²) in [5.41, 5.74) is 1.88. The fourth-order valence-corrected chi connectivity index (χ4v) is 3.89. The number of methoxy groups -OCH3 is 1. The molecule has 0 spiro atoms. The molecule has 0 atom stereocenters. The Labute approximate surface area is 215 Å². The van der Waals surface area contributed by atoms with Crippen molar-refractivity contribution in [2.24, 2.45) is 0 Å². The number of carbonyl (C=O) groups is 2. The van der Waals surface area contributed by atoms with Crippen LogP contribution in [0.25, 0.3) is 0 Å². The number of nitrogens with one attached hydrogen (secondary N) is 1. The van der Waals surface area contributed by atoms with Crippen LogP contribution in [0.2, 0.25) is 0 Å². The summed E-state index contributed by atoms with van der Waals surface area (Å²) in [7, 11) is 3.25. The fraction of sp³-hybridized carbons (Fsp3) is 0.286. The zero-order valence-corrected chi connectivity index (χ0v) is 21.2. The van der Waals surface area contributed by atoms with Crippen LogP contribution < -0.4 is 5.32 Å². The zero-order valence-electron chi connectivity index (χ0n) is 21.2. The van der Waals surface area contributed by atoms with Gasteiger partial charge in [0.1, 0.15) is 18.2 Å². The number of nitrogens with zero attached hydrogens (tertiary/aromatic N) is 2. The van der Waals surface area contributed by atoms with Gasteiger partial charge in [0.2, 0.25) is 0 Å². The number of hydrogen-bond donors (Lipinski definition) is 1. The molecule has 2 heterocycles. The van der Waals surface area contributed by atoms with E-state index in [0.29, 0.717) is 25.3 Å². The monoisotopic (exact) mass is 511 g/mol. The third-order valence-corrected chi connectivity index (χ3v) is 5.79. The van der Waals surface area contributed by atoms with Gasteiger partial charge in [-0.15, -0.1) is 0 Å². The minimum atomic E-state index is -0.743. The van der Waals surface area contributed by atoms with Crippen LogP contribution in [0.4, 0.5) is 8.78 Å². The number of carbonyl (C=O) groups excluding carboxylic acids is 2. The van der Waals surface area contributed by atoms with Gasteiger partial charge in [-0.1, -0.05) is 43.0 Å². The maximum absolute atomic E-state index is 14.0. The lowest BCUT2D eigenvalue weighted by Crippen LogP contribution is -2.49. The number of halogens is 2. The van der Waals surface area contributed by atoms with E-state index in [9.17, 15) is 18.4 Å². The molecule has 1 N–H and O–H groups in total. The number of allylic oxidation sites excluding steroid dienone is 1. The summed E-state index contributed by atoms with van der Waals surface area (Å²) in [6.45, 7) is 7.55. The molecule has 2 aromatic carbocycles. The maximum atomic E-state index is 14.0. The zero-order chi connectivity index (χ0) is 26.9. The van der Waals surface area contributed by atoms with Crippen molar-refractivity contribution in [1.29, 1.82) is 0 Å². The molecule has 7 nitrogen and oxygen atoms in total. The molecule has 196 valence electrons. The van der Waals surface area contributed by atoms with E-state index in [1.807, 2.05) is 37.3 Å². The Balaban J connectivity index is 0.00000121. The molecule has 37 heavy (non-hydrogen) atoms. The smallest absolute Gasteiger partial charge is 0.274 e. The highest BCUT2D eigenvalue weighted by molar-refractivity contribution is 6.02. The molecule has 2 amide bonds. The van der Waals surface area contributed by atoms with E-state index in [1.54, 1.807) is 30.2 Å². The number of fused-ring (bicyclic) bond motifs is 1. The topological polar surface area (TPSA) is 71.1 Å². The first kappa shape index (κ1) is 27.6. The maximum Gasteiger partial charge on any atom is 0.274 e. The Morgan fingerprint density at radius 3 is 2.46 bits per heavy atom. The molecule has 0 saturated carbocycles. The second-order valence-electron chi connectivity index (χ2n) is 8.38. The summed E-state index contributed by atoms with van der Waals surface area (Å²) in [6.07, 6.45) is 1.58. The standard InChI is InChI=1S/C26H25F2N3O3.C2H6O/c1-3-30-11-12-31-15-21(25(32)29-14-19-9-10-20(27)13-22(19)28)17(2)24(23(31)26(30)33)34-16-18-7-5-4-6-8-18;1-3-2/h4-10,13,15H,2-3,11-12,14,16H2,1H3,(H,29,32);1-2H3. The molecule has 1 saturated heterocycles. The molecule has 4 rings (SSSR count). The number of likely N-dealkylation sites (N-methyl/N-ethyl adjacent to an activating group) is 1. The molecule has 0 unspecified atom stereocenters. The second kappa shape index (κ2) is 12.8. The lowest BCUT2D eigenvalue weighted by atomic mass is 9.98. The van der Waals surface area contributed by atoms with Crippen LogP contribution >= 0.6 is 0 Å². The van der Waals surface area contributed by atoms with Gasteiger partial charge in [-0.05, 0) is 18.6 Å². The highest BCUT2D eigenvalue weighted by atomic mass is 19.1. The predicted octanol–water partition coefficient (Wildman–Crippen LogP) is 3.89. The van der Waals surface area contributed by atoms with Crippen LogP contribution in [0.1, 0.15) is 18.1 Å². The Morgan fingerprint density at radius 2 is 1.81 bits per heavy atom. The Kier molecular flexibility index (Phi) is 9.57. The van der Waals surface area contributed by atoms with Gasteiger partial charge in [-0.2, -0.15) is 0 Å². The van der Waals surface area contributed by atoms with E-state index in [2.05, 4.69) is 16.6 Å². The van der Waals surface area contributed by atoms with Gasteiger partial charge in [0.05, 0.1) is 5.57 Å². The largest absolute Gasteiger partial charge is 0.486 e. The summed E-state index contributed by atoms with van der Waals surface area (Å²) in [5, 5.41) is 2.65. The van der Waals surface area contributed by atoms with E-state index < -0.39 is 17.5 Å². The van der Waals surface area contributed by atoms with Crippen LogP contribution in [-0.2, 0) is 32.2 Å². The molecule has 0 bridgehead atoms. The Bertz CT molecular complexity index is 1210. The molecule has 9 heteroatoms. The van der Waals surface area contributed by atoms with E-state index in [1.165, 1.54) is 6.07 Å². The van der Waals surface area contributed by atoms with E-state index in [-0.39, 0.29) is 41.5 Å². The Hall–Kier alpha value is -3.98. The first-order chi connectivity index (χ1) is 17.8. The Morgan fingerprint density at radius 1 is 1.11 bits per heavy atom. The van der Waals surface area contributed by atoms with E-state index in [0.717, 1.165) is 17.7 Å². The minimum Gasteiger partial charge on any atom is -0.486 e. The predicted molar refractivity (Wildman–Crippen MR) is 136 cm³/mol. The van der Waals surface area contributed by atoms with Crippen molar-refractivity contribution in [3.63, 3.8) is 0 Å². The molecule has 0 aromatic heterocycles. The van der Waals surface area contributed by atoms with Crippen molar-refractivity contribution >= 4 is 11.8 Å². The van der Waals surface area contributed by atoms with Gasteiger partial charge in [0, 0.05) is 63.8 Å². The summed E-state index contributed by atoms with van der Waals surface area (Å²) >= 11 is 0. The van der Waals surface area contributed by atoms with Crippen molar-refractivity contribution in [3.05, 3.63) is 107 Å². The molecule has 2 aliphatic heterocycles. The first-order valence-electron chi connectivity index (χ1n) is 11.8. The average Bonchev–Trinajstić information content (AvgIpc) is 2.88. The van der Waals surface area contributed by atoms with Gasteiger partial charge in [0.15, 0.2) is 11.5 Å². The van der Waals surface area contributed by atoms with Crippen LogP contribution in [0, 0.1) is 11.6 Å². The van der Waals surface area contributed by atoms with Crippen molar-refractivity contribution in [2.75, 3.05) is 33.9 Å². The molecular weight excluding hydrogens is 480 g/mol. The van der Waals surface area contributed by atoms with Crippen molar-refractivity contribution in [1.82, 2.24) is 15.1 Å². The normalized spacial score (nSPS) is 15.0. The van der Waals surface area contributed by atoms with Crippen molar-refractivity contribution < 1.29 is 27.8 Å². The molecule has 0 aliphatic carbocycles. The highest BCUT2D eigenvalue weighted by Crippen LogP contribution is 2.34. The highest BCUT2D eigenvalue weighted by Gasteiger charge is 2.37. The number of hydrogen-bond acceptors (Lipinski definition) is 5. The number of amides is 2. The lowest BCUT2D eigenvalue weighted by Gasteiger charge is -2.39. The average molecular weight is 512 g/mol. The van der Waals surface area contributed by atoms with Gasteiger partial charge in [-0.25, -0.2) is 8.78 Å². The van der Waals surface area contributed by atoms with E-state index in [4.69, 9.17) is 4.74 Å². The number of piperazine rings is 1. The molecule has 0 radical (unpaired) electrons. The number of ether oxygens (including phenoxy) is 2. The van der Waals surface area contributed by atoms with Gasteiger partial charge in [0.25, 0.3) is 11.8 Å². The molecule has 1 fully saturated rings. The van der Waals surface area contributed by atoms with Crippen molar-refractivity contribution in [2.45, 2.75) is 20.1 Å². The molecular formula is C28H31F2N3O4. The first-order valence-corrected chi connectivity index (χ1v) is 11.8.